The number of pyridine rings is 1. The molecule has 0 saturated heterocycles. The highest BCUT2D eigenvalue weighted by Gasteiger charge is 2.19. The Kier molecular flexibility index (Phi) is 4.68. The molecule has 2 aromatic rings. The van der Waals surface area contributed by atoms with E-state index in [0.29, 0.717) is 5.69 Å². The van der Waals surface area contributed by atoms with Gasteiger partial charge in [0.25, 0.3) is 0 Å². The number of aromatic nitrogens is 1. The van der Waals surface area contributed by atoms with Crippen molar-refractivity contribution in [2.24, 2.45) is 0 Å². The second-order valence-corrected chi connectivity index (χ2v) is 4.32. The Hall–Kier alpha value is -2.67. The van der Waals surface area contributed by atoms with Crippen molar-refractivity contribution < 1.29 is 19.4 Å². The predicted octanol–water partition coefficient (Wildman–Crippen LogP) is 1.46. The van der Waals surface area contributed by atoms with E-state index in [2.05, 4.69) is 15.6 Å². The van der Waals surface area contributed by atoms with Crippen LogP contribution < -0.4 is 10.6 Å². The van der Waals surface area contributed by atoms with Gasteiger partial charge in [-0.15, -0.1) is 0 Å². The first-order valence-electron chi connectivity index (χ1n) is 6.25. The van der Waals surface area contributed by atoms with Gasteiger partial charge in [-0.25, -0.2) is 9.59 Å². The fraction of sp³-hybridized carbons (Fsp3) is 0.214. The molecule has 3 N–H and O–H groups in total. The fourth-order valence-electron chi connectivity index (χ4n) is 1.87. The Morgan fingerprint density at radius 3 is 2.86 bits per heavy atom. The Morgan fingerprint density at radius 1 is 1.33 bits per heavy atom. The van der Waals surface area contributed by atoms with Crippen LogP contribution in [0.3, 0.4) is 0 Å². The van der Waals surface area contributed by atoms with Crippen molar-refractivity contribution in [1.29, 1.82) is 0 Å². The third-order valence-corrected chi connectivity index (χ3v) is 2.83. The van der Waals surface area contributed by atoms with Crippen molar-refractivity contribution in [2.75, 3.05) is 19.0 Å². The zero-order chi connectivity index (χ0) is 15.2. The molecule has 1 heterocycles. The van der Waals surface area contributed by atoms with Gasteiger partial charge in [0.2, 0.25) is 0 Å². The predicted molar refractivity (Wildman–Crippen MR) is 77.2 cm³/mol. The number of amides is 2. The van der Waals surface area contributed by atoms with Crippen LogP contribution in [-0.4, -0.2) is 41.8 Å². The summed E-state index contributed by atoms with van der Waals surface area (Å²) in [7, 11) is 1.37. The molecule has 110 valence electrons. The molecule has 0 bridgehead atoms. The fourth-order valence-corrected chi connectivity index (χ4v) is 1.87. The van der Waals surface area contributed by atoms with Gasteiger partial charge in [-0.1, -0.05) is 6.07 Å². The summed E-state index contributed by atoms with van der Waals surface area (Å²) in [5.41, 5.74) is 1.29. The minimum Gasteiger partial charge on any atom is -0.480 e. The number of carboxylic acids is 1. The molecule has 7 heteroatoms. The number of rotatable bonds is 5. The average molecular weight is 289 g/mol. The lowest BCUT2D eigenvalue weighted by atomic mass is 10.2. The maximum atomic E-state index is 11.9. The van der Waals surface area contributed by atoms with Gasteiger partial charge in [-0.05, 0) is 24.3 Å². The third kappa shape index (κ3) is 3.67. The van der Waals surface area contributed by atoms with Crippen molar-refractivity contribution >= 4 is 28.6 Å². The van der Waals surface area contributed by atoms with E-state index in [4.69, 9.17) is 9.84 Å². The molecule has 0 saturated carbocycles. The van der Waals surface area contributed by atoms with Gasteiger partial charge >= 0.3 is 12.0 Å². The molecule has 2 amide bonds. The highest BCUT2D eigenvalue weighted by Crippen LogP contribution is 2.20. The lowest BCUT2D eigenvalue weighted by Gasteiger charge is -2.15. The number of methoxy groups -OCH3 is 1. The summed E-state index contributed by atoms with van der Waals surface area (Å²) in [6.07, 6.45) is 1.66. The van der Waals surface area contributed by atoms with Crippen LogP contribution in [0.1, 0.15) is 0 Å². The van der Waals surface area contributed by atoms with Gasteiger partial charge in [-0.2, -0.15) is 0 Å². The summed E-state index contributed by atoms with van der Waals surface area (Å²) in [6.45, 7) is -0.111. The molecule has 0 aliphatic heterocycles. The lowest BCUT2D eigenvalue weighted by Crippen LogP contribution is -2.45. The van der Waals surface area contributed by atoms with E-state index in [1.807, 2.05) is 12.1 Å². The number of hydrogen-bond donors (Lipinski definition) is 3. The first-order valence-corrected chi connectivity index (χ1v) is 6.25. The Bertz CT molecular complexity index is 654. The highest BCUT2D eigenvalue weighted by molar-refractivity contribution is 6.01. The monoisotopic (exact) mass is 289 g/mol. The SMILES string of the molecule is COCC(NC(=O)Nc1cccc2ncccc12)C(=O)O. The zero-order valence-electron chi connectivity index (χ0n) is 11.4. The van der Waals surface area contributed by atoms with Gasteiger partial charge in [0.05, 0.1) is 17.8 Å². The number of anilines is 1. The summed E-state index contributed by atoms with van der Waals surface area (Å²) >= 11 is 0. The Labute approximate surface area is 120 Å². The minimum absolute atomic E-state index is 0.111. The number of fused-ring (bicyclic) bond motifs is 1. The molecule has 0 aliphatic carbocycles. The summed E-state index contributed by atoms with van der Waals surface area (Å²) in [5, 5.41) is 14.7. The standard InChI is InChI=1S/C14H15N3O4/c1-21-8-12(13(18)19)17-14(20)16-11-6-2-5-10-9(11)4-3-7-15-10/h2-7,12H,8H2,1H3,(H,18,19)(H2,16,17,20). The van der Waals surface area contributed by atoms with E-state index >= 15 is 0 Å². The maximum absolute atomic E-state index is 11.9. The van der Waals surface area contributed by atoms with E-state index < -0.39 is 18.0 Å². The number of hydrogen-bond acceptors (Lipinski definition) is 4. The molecule has 0 spiro atoms. The van der Waals surface area contributed by atoms with Gasteiger partial charge in [0.15, 0.2) is 6.04 Å². The van der Waals surface area contributed by atoms with Crippen molar-refractivity contribution in [2.45, 2.75) is 6.04 Å². The molecule has 1 unspecified atom stereocenters. The number of carbonyl (C=O) groups is 2. The summed E-state index contributed by atoms with van der Waals surface area (Å²) in [6, 6.07) is 7.16. The van der Waals surface area contributed by atoms with Crippen molar-refractivity contribution in [3.63, 3.8) is 0 Å². The van der Waals surface area contributed by atoms with Crippen molar-refractivity contribution in [3.05, 3.63) is 36.5 Å². The van der Waals surface area contributed by atoms with Crippen LogP contribution in [-0.2, 0) is 9.53 Å². The first kappa shape index (κ1) is 14.7. The lowest BCUT2D eigenvalue weighted by molar-refractivity contribution is -0.140. The third-order valence-electron chi connectivity index (χ3n) is 2.83. The van der Waals surface area contributed by atoms with E-state index in [-0.39, 0.29) is 6.61 Å². The van der Waals surface area contributed by atoms with E-state index in [1.54, 1.807) is 24.4 Å². The molecule has 1 aromatic carbocycles. The number of nitrogens with one attached hydrogen (secondary N) is 2. The summed E-state index contributed by atoms with van der Waals surface area (Å²) in [4.78, 5) is 27.0. The smallest absolute Gasteiger partial charge is 0.328 e. The van der Waals surface area contributed by atoms with Crippen LogP contribution in [0.4, 0.5) is 10.5 Å². The highest BCUT2D eigenvalue weighted by atomic mass is 16.5. The zero-order valence-corrected chi connectivity index (χ0v) is 11.4. The number of ether oxygens (including phenoxy) is 1. The van der Waals surface area contributed by atoms with Crippen LogP contribution >= 0.6 is 0 Å². The number of aliphatic carboxylic acids is 1. The second-order valence-electron chi connectivity index (χ2n) is 4.32. The molecule has 0 aliphatic rings. The van der Waals surface area contributed by atoms with Crippen LogP contribution in [0.15, 0.2) is 36.5 Å². The second kappa shape index (κ2) is 6.67. The number of carbonyl (C=O) groups excluding carboxylic acids is 1. The molecular weight excluding hydrogens is 274 g/mol. The summed E-state index contributed by atoms with van der Waals surface area (Å²) < 4.78 is 4.75. The van der Waals surface area contributed by atoms with E-state index in [1.165, 1.54) is 7.11 Å². The van der Waals surface area contributed by atoms with Crippen LogP contribution in [0.2, 0.25) is 0 Å². The number of urea groups is 1. The normalized spacial score (nSPS) is 11.9. The van der Waals surface area contributed by atoms with Gasteiger partial charge in [-0.3, -0.25) is 4.98 Å². The van der Waals surface area contributed by atoms with Crippen LogP contribution in [0, 0.1) is 0 Å². The molecule has 0 radical (unpaired) electrons. The van der Waals surface area contributed by atoms with E-state index in [0.717, 1.165) is 10.9 Å². The molecule has 21 heavy (non-hydrogen) atoms. The quantitative estimate of drug-likeness (QED) is 0.773. The van der Waals surface area contributed by atoms with Gasteiger partial charge < -0.3 is 20.5 Å². The molecular formula is C14H15N3O4. The molecule has 7 nitrogen and oxygen atoms in total. The molecule has 1 aromatic heterocycles. The number of nitrogens with zero attached hydrogens (tertiary/aromatic N) is 1. The minimum atomic E-state index is -1.16. The number of carboxylic acid groups (broad SMARTS) is 1. The topological polar surface area (TPSA) is 101 Å². The summed E-state index contributed by atoms with van der Waals surface area (Å²) in [5.74, 6) is -1.16. The molecule has 0 fully saturated rings. The maximum Gasteiger partial charge on any atom is 0.328 e. The molecule has 1 atom stereocenters. The van der Waals surface area contributed by atoms with Crippen LogP contribution in [0.5, 0.6) is 0 Å². The van der Waals surface area contributed by atoms with Crippen molar-refractivity contribution in [3.8, 4) is 0 Å². The van der Waals surface area contributed by atoms with E-state index in [9.17, 15) is 9.59 Å². The van der Waals surface area contributed by atoms with Crippen molar-refractivity contribution in [1.82, 2.24) is 10.3 Å². The number of benzene rings is 1. The van der Waals surface area contributed by atoms with Gasteiger partial charge in [0.1, 0.15) is 0 Å². The largest absolute Gasteiger partial charge is 0.480 e. The Morgan fingerprint density at radius 2 is 2.14 bits per heavy atom. The first-order chi connectivity index (χ1) is 10.1. The molecule has 2 rings (SSSR count). The Balaban J connectivity index is 2.13. The van der Waals surface area contributed by atoms with Gasteiger partial charge in [0, 0.05) is 18.7 Å². The van der Waals surface area contributed by atoms with Crippen LogP contribution in [0.25, 0.3) is 10.9 Å². The average Bonchev–Trinajstić information content (AvgIpc) is 2.47.